The number of anilines is 2. The molecule has 1 aliphatic rings. The lowest BCUT2D eigenvalue weighted by Gasteiger charge is -2.34. The van der Waals surface area contributed by atoms with Gasteiger partial charge in [-0.05, 0) is 82.4 Å². The highest BCUT2D eigenvalue weighted by Gasteiger charge is 2.21. The van der Waals surface area contributed by atoms with Crippen molar-refractivity contribution in [1.29, 1.82) is 0 Å². The fourth-order valence-corrected chi connectivity index (χ4v) is 3.79. The number of rotatable bonds is 6. The average molecular weight is 364 g/mol. The van der Waals surface area contributed by atoms with Gasteiger partial charge in [0.05, 0.1) is 5.69 Å². The summed E-state index contributed by atoms with van der Waals surface area (Å²) >= 11 is 0. The van der Waals surface area contributed by atoms with Gasteiger partial charge in [-0.25, -0.2) is 0 Å². The largest absolute Gasteiger partial charge is 0.355 e. The number of hydrogen-bond donors (Lipinski definition) is 1. The highest BCUT2D eigenvalue weighted by atomic mass is 16.1. The lowest BCUT2D eigenvalue weighted by atomic mass is 9.89. The van der Waals surface area contributed by atoms with Crippen LogP contribution < -0.4 is 5.32 Å². The van der Waals surface area contributed by atoms with Gasteiger partial charge in [-0.15, -0.1) is 0 Å². The molecule has 0 unspecified atom stereocenters. The van der Waals surface area contributed by atoms with E-state index < -0.39 is 0 Å². The summed E-state index contributed by atoms with van der Waals surface area (Å²) < 4.78 is 0. The van der Waals surface area contributed by atoms with Crippen molar-refractivity contribution in [3.05, 3.63) is 59.2 Å². The zero-order chi connectivity index (χ0) is 19.4. The lowest BCUT2D eigenvalue weighted by Crippen LogP contribution is -2.37. The van der Waals surface area contributed by atoms with E-state index in [9.17, 15) is 9.59 Å². The Bertz CT molecular complexity index is 804. The van der Waals surface area contributed by atoms with E-state index in [1.165, 1.54) is 25.3 Å². The van der Waals surface area contributed by atoms with Crippen molar-refractivity contribution in [3.63, 3.8) is 0 Å². The van der Waals surface area contributed by atoms with Gasteiger partial charge in [0.2, 0.25) is 0 Å². The van der Waals surface area contributed by atoms with E-state index in [0.717, 1.165) is 25.1 Å². The summed E-state index contributed by atoms with van der Waals surface area (Å²) in [5.41, 5.74) is 4.10. The smallest absolute Gasteiger partial charge is 0.161 e. The molecule has 1 heterocycles. The molecular weight excluding hydrogens is 336 g/mol. The zero-order valence-electron chi connectivity index (χ0n) is 16.4. The van der Waals surface area contributed by atoms with Crippen molar-refractivity contribution in [1.82, 2.24) is 4.90 Å². The van der Waals surface area contributed by atoms with Gasteiger partial charge in [-0.1, -0.05) is 18.2 Å². The molecule has 4 heteroatoms. The van der Waals surface area contributed by atoms with Crippen LogP contribution in [-0.2, 0) is 0 Å². The van der Waals surface area contributed by atoms with Gasteiger partial charge in [-0.3, -0.25) is 9.59 Å². The number of ketones is 1. The number of carbonyl (C=O) groups is 2. The second-order valence-electron chi connectivity index (χ2n) is 7.63. The number of Topliss-reactive ketones (excluding diaryl/α,β-unsaturated/α-hetero) is 1. The first-order valence-corrected chi connectivity index (χ1v) is 9.69. The second kappa shape index (κ2) is 8.49. The molecule has 0 amide bonds. The number of aldehydes is 1. The third-order valence-corrected chi connectivity index (χ3v) is 5.48. The first kappa shape index (κ1) is 19.3. The van der Waals surface area contributed by atoms with Crippen molar-refractivity contribution >= 4 is 23.4 Å². The molecule has 1 N–H and O–H groups in total. The molecule has 1 aliphatic heterocycles. The van der Waals surface area contributed by atoms with Crippen LogP contribution in [0.2, 0.25) is 0 Å². The van der Waals surface area contributed by atoms with Crippen LogP contribution in [0.1, 0.15) is 65.8 Å². The lowest BCUT2D eigenvalue weighted by molar-refractivity contribution is 0.101. The van der Waals surface area contributed by atoms with E-state index in [1.54, 1.807) is 18.2 Å². The van der Waals surface area contributed by atoms with E-state index in [4.69, 9.17) is 0 Å². The molecule has 1 saturated heterocycles. The molecule has 0 aromatic heterocycles. The molecule has 1 fully saturated rings. The third kappa shape index (κ3) is 4.64. The molecular formula is C23H28N2O2. The van der Waals surface area contributed by atoms with Crippen molar-refractivity contribution in [2.45, 2.75) is 45.6 Å². The molecule has 2 aromatic rings. The minimum atomic E-state index is -0.0246. The van der Waals surface area contributed by atoms with Crippen LogP contribution in [0.3, 0.4) is 0 Å². The number of nitrogens with one attached hydrogen (secondary N) is 1. The number of nitrogens with zero attached hydrogens (tertiary/aromatic N) is 1. The quantitative estimate of drug-likeness (QED) is 0.577. The molecule has 0 radical (unpaired) electrons. The van der Waals surface area contributed by atoms with Crippen LogP contribution >= 0.6 is 0 Å². The summed E-state index contributed by atoms with van der Waals surface area (Å²) in [6, 6.07) is 14.2. The molecule has 4 nitrogen and oxygen atoms in total. The molecule has 0 atom stereocenters. The molecule has 0 aliphatic carbocycles. The van der Waals surface area contributed by atoms with Crippen LogP contribution in [-0.4, -0.2) is 36.1 Å². The highest BCUT2D eigenvalue weighted by Crippen LogP contribution is 2.30. The standard InChI is InChI=1S/C23H28N2O2/c1-16(2)25-12-10-20(11-13-25)19-5-7-21(8-6-19)24-23-14-18(15-26)4-9-22(23)17(3)27/h4-9,14-16,20,24H,10-13H2,1-3H3. The van der Waals surface area contributed by atoms with Crippen molar-refractivity contribution in [2.24, 2.45) is 0 Å². The summed E-state index contributed by atoms with van der Waals surface area (Å²) in [7, 11) is 0. The minimum absolute atomic E-state index is 0.0246. The van der Waals surface area contributed by atoms with E-state index >= 15 is 0 Å². The molecule has 0 bridgehead atoms. The molecule has 0 spiro atoms. The minimum Gasteiger partial charge on any atom is -0.355 e. The maximum absolute atomic E-state index is 11.9. The summed E-state index contributed by atoms with van der Waals surface area (Å²) in [4.78, 5) is 25.5. The summed E-state index contributed by atoms with van der Waals surface area (Å²) in [5.74, 6) is 0.587. The van der Waals surface area contributed by atoms with Crippen molar-refractivity contribution in [3.8, 4) is 0 Å². The van der Waals surface area contributed by atoms with Crippen LogP contribution in [0.25, 0.3) is 0 Å². The Morgan fingerprint density at radius 1 is 1.11 bits per heavy atom. The first-order valence-electron chi connectivity index (χ1n) is 9.69. The van der Waals surface area contributed by atoms with Gasteiger partial charge < -0.3 is 10.2 Å². The molecule has 142 valence electrons. The second-order valence-corrected chi connectivity index (χ2v) is 7.63. The molecule has 27 heavy (non-hydrogen) atoms. The SMILES string of the molecule is CC(=O)c1ccc(C=O)cc1Nc1ccc(C2CCN(C(C)C)CC2)cc1. The average Bonchev–Trinajstić information content (AvgIpc) is 2.68. The fourth-order valence-electron chi connectivity index (χ4n) is 3.79. The Balaban J connectivity index is 1.72. The Kier molecular flexibility index (Phi) is 6.07. The van der Waals surface area contributed by atoms with Crippen LogP contribution in [0.4, 0.5) is 11.4 Å². The van der Waals surface area contributed by atoms with E-state index in [1.807, 2.05) is 0 Å². The topological polar surface area (TPSA) is 49.4 Å². The first-order chi connectivity index (χ1) is 13.0. The van der Waals surface area contributed by atoms with E-state index in [-0.39, 0.29) is 5.78 Å². The van der Waals surface area contributed by atoms with Gasteiger partial charge in [-0.2, -0.15) is 0 Å². The van der Waals surface area contributed by atoms with Crippen LogP contribution in [0.5, 0.6) is 0 Å². The zero-order valence-corrected chi connectivity index (χ0v) is 16.4. The number of benzene rings is 2. The summed E-state index contributed by atoms with van der Waals surface area (Å²) in [6.45, 7) is 8.37. The monoisotopic (exact) mass is 364 g/mol. The van der Waals surface area contributed by atoms with Gasteiger partial charge in [0.25, 0.3) is 0 Å². The highest BCUT2D eigenvalue weighted by molar-refractivity contribution is 6.01. The maximum atomic E-state index is 11.9. The Hall–Kier alpha value is -2.46. The van der Waals surface area contributed by atoms with E-state index in [0.29, 0.717) is 28.8 Å². The van der Waals surface area contributed by atoms with Crippen LogP contribution in [0.15, 0.2) is 42.5 Å². The number of carbonyl (C=O) groups excluding carboxylic acids is 2. The van der Waals surface area contributed by atoms with Crippen molar-refractivity contribution in [2.75, 3.05) is 18.4 Å². The molecule has 2 aromatic carbocycles. The predicted octanol–water partition coefficient (Wildman–Crippen LogP) is 5.03. The summed E-state index contributed by atoms with van der Waals surface area (Å²) in [6.07, 6.45) is 3.18. The predicted molar refractivity (Wildman–Crippen MR) is 110 cm³/mol. The normalized spacial score (nSPS) is 15.7. The maximum Gasteiger partial charge on any atom is 0.161 e. The number of piperidine rings is 1. The fraction of sp³-hybridized carbons (Fsp3) is 0.391. The molecule has 0 saturated carbocycles. The van der Waals surface area contributed by atoms with Gasteiger partial charge in [0.15, 0.2) is 5.78 Å². The van der Waals surface area contributed by atoms with Gasteiger partial charge >= 0.3 is 0 Å². The Morgan fingerprint density at radius 2 is 1.78 bits per heavy atom. The summed E-state index contributed by atoms with van der Waals surface area (Å²) in [5, 5.41) is 3.29. The number of hydrogen-bond acceptors (Lipinski definition) is 4. The number of likely N-dealkylation sites (tertiary alicyclic amines) is 1. The van der Waals surface area contributed by atoms with Crippen LogP contribution in [0, 0.1) is 0 Å². The Labute approximate surface area is 161 Å². The van der Waals surface area contributed by atoms with Gasteiger partial charge in [0.1, 0.15) is 6.29 Å². The van der Waals surface area contributed by atoms with Crippen molar-refractivity contribution < 1.29 is 9.59 Å². The third-order valence-electron chi connectivity index (χ3n) is 5.48. The molecule has 3 rings (SSSR count). The van der Waals surface area contributed by atoms with Gasteiger partial charge in [0, 0.05) is 22.9 Å². The van der Waals surface area contributed by atoms with E-state index in [2.05, 4.69) is 48.3 Å². The Morgan fingerprint density at radius 3 is 2.33 bits per heavy atom.